The Balaban J connectivity index is 0.00000324. The van der Waals surface area contributed by atoms with E-state index in [4.69, 9.17) is 0 Å². The van der Waals surface area contributed by atoms with E-state index >= 15 is 0 Å². The van der Waals surface area contributed by atoms with Crippen LogP contribution in [0, 0.1) is 5.92 Å². The van der Waals surface area contributed by atoms with Crippen molar-refractivity contribution in [1.29, 1.82) is 0 Å². The molecule has 0 aromatic rings. The van der Waals surface area contributed by atoms with Crippen LogP contribution in [0.4, 0.5) is 0 Å². The Bertz CT molecular complexity index is 279. The number of unbranched alkanes of at least 4 members (excludes halogenated alkanes) is 1. The second-order valence-electron chi connectivity index (χ2n) is 5.19. The highest BCUT2D eigenvalue weighted by atomic mass is 127. The van der Waals surface area contributed by atoms with Gasteiger partial charge in [-0.15, -0.1) is 30.6 Å². The minimum absolute atomic E-state index is 0. The maximum absolute atomic E-state index is 4.58. The van der Waals surface area contributed by atoms with Gasteiger partial charge < -0.3 is 10.2 Å². The van der Waals surface area contributed by atoms with Crippen LogP contribution in [0.25, 0.3) is 0 Å². The fourth-order valence-corrected chi connectivity index (χ4v) is 2.29. The van der Waals surface area contributed by atoms with E-state index in [9.17, 15) is 0 Å². The van der Waals surface area contributed by atoms with Crippen molar-refractivity contribution in [2.24, 2.45) is 10.9 Å². The summed E-state index contributed by atoms with van der Waals surface area (Å²) in [6.07, 6.45) is 8.15. The number of hydrogen-bond acceptors (Lipinski definition) is 1. The fourth-order valence-electron chi connectivity index (χ4n) is 2.29. The van der Waals surface area contributed by atoms with Gasteiger partial charge in [0.1, 0.15) is 0 Å². The normalized spacial score (nSPS) is 21.5. The third-order valence-corrected chi connectivity index (χ3v) is 3.47. The van der Waals surface area contributed by atoms with Crippen LogP contribution < -0.4 is 5.32 Å². The molecule has 0 amide bonds. The van der Waals surface area contributed by atoms with E-state index in [1.807, 2.05) is 6.08 Å². The van der Waals surface area contributed by atoms with Gasteiger partial charge in [0.25, 0.3) is 0 Å². The van der Waals surface area contributed by atoms with Crippen molar-refractivity contribution in [2.45, 2.75) is 52.0 Å². The summed E-state index contributed by atoms with van der Waals surface area (Å²) in [6, 6.07) is 0.664. The van der Waals surface area contributed by atoms with Crippen molar-refractivity contribution in [2.75, 3.05) is 20.1 Å². The molecule has 0 radical (unpaired) electrons. The Labute approximate surface area is 136 Å². The zero-order valence-corrected chi connectivity index (χ0v) is 15.0. The Hall–Kier alpha value is -0.260. The molecule has 1 saturated carbocycles. The Morgan fingerprint density at radius 1 is 1.47 bits per heavy atom. The van der Waals surface area contributed by atoms with Crippen LogP contribution in [0.15, 0.2) is 17.6 Å². The summed E-state index contributed by atoms with van der Waals surface area (Å²) in [4.78, 5) is 6.83. The molecule has 0 aliphatic heterocycles. The molecule has 1 N–H and O–H groups in total. The van der Waals surface area contributed by atoms with Gasteiger partial charge in [0.05, 0.1) is 0 Å². The number of allylic oxidation sites excluding steroid dienone is 1. The van der Waals surface area contributed by atoms with E-state index in [1.165, 1.54) is 19.3 Å². The largest absolute Gasteiger partial charge is 0.353 e. The number of hydrogen-bond donors (Lipinski definition) is 1. The summed E-state index contributed by atoms with van der Waals surface area (Å²) in [6.45, 7) is 10.0. The zero-order valence-electron chi connectivity index (χ0n) is 12.7. The number of aliphatic imine (C=N–C) groups is 1. The first-order valence-electron chi connectivity index (χ1n) is 7.35. The van der Waals surface area contributed by atoms with Crippen LogP contribution in [0.3, 0.4) is 0 Å². The first-order chi connectivity index (χ1) is 8.72. The van der Waals surface area contributed by atoms with E-state index in [-0.39, 0.29) is 24.0 Å². The van der Waals surface area contributed by atoms with E-state index < -0.39 is 0 Å². The summed E-state index contributed by atoms with van der Waals surface area (Å²) in [5.41, 5.74) is 0. The third-order valence-electron chi connectivity index (χ3n) is 3.47. The summed E-state index contributed by atoms with van der Waals surface area (Å²) >= 11 is 0. The van der Waals surface area contributed by atoms with Gasteiger partial charge >= 0.3 is 0 Å². The van der Waals surface area contributed by atoms with Gasteiger partial charge in [0.15, 0.2) is 5.96 Å². The second-order valence-corrected chi connectivity index (χ2v) is 5.19. The molecule has 2 atom stereocenters. The predicted octanol–water partition coefficient (Wildman–Crippen LogP) is 3.66. The summed E-state index contributed by atoms with van der Waals surface area (Å²) in [7, 11) is 2.13. The molecular formula is C15H30IN3. The van der Waals surface area contributed by atoms with Gasteiger partial charge in [-0.2, -0.15) is 0 Å². The minimum Gasteiger partial charge on any atom is -0.353 e. The van der Waals surface area contributed by atoms with Crippen LogP contribution in [0.2, 0.25) is 0 Å². The number of nitrogens with zero attached hydrogens (tertiary/aromatic N) is 2. The average Bonchev–Trinajstić information content (AvgIpc) is 3.07. The van der Waals surface area contributed by atoms with Crippen molar-refractivity contribution in [3.8, 4) is 0 Å². The van der Waals surface area contributed by atoms with E-state index in [0.717, 1.165) is 37.8 Å². The molecular weight excluding hydrogens is 349 g/mol. The van der Waals surface area contributed by atoms with Gasteiger partial charge in [-0.05, 0) is 38.5 Å². The Morgan fingerprint density at radius 2 is 2.21 bits per heavy atom. The van der Waals surface area contributed by atoms with E-state index in [1.54, 1.807) is 0 Å². The quantitative estimate of drug-likeness (QED) is 0.229. The summed E-state index contributed by atoms with van der Waals surface area (Å²) in [5, 5.41) is 3.60. The topological polar surface area (TPSA) is 27.6 Å². The van der Waals surface area contributed by atoms with Gasteiger partial charge in [0.2, 0.25) is 0 Å². The molecule has 0 aromatic carbocycles. The van der Waals surface area contributed by atoms with Crippen LogP contribution in [-0.2, 0) is 0 Å². The molecule has 1 aliphatic carbocycles. The van der Waals surface area contributed by atoms with Gasteiger partial charge in [-0.1, -0.05) is 19.4 Å². The second kappa shape index (κ2) is 10.5. The molecule has 112 valence electrons. The maximum atomic E-state index is 4.58. The van der Waals surface area contributed by atoms with E-state index in [2.05, 4.69) is 42.7 Å². The molecule has 2 unspecified atom stereocenters. The maximum Gasteiger partial charge on any atom is 0.193 e. The third kappa shape index (κ3) is 7.18. The molecule has 0 bridgehead atoms. The van der Waals surface area contributed by atoms with Crippen molar-refractivity contribution in [3.63, 3.8) is 0 Å². The summed E-state index contributed by atoms with van der Waals surface area (Å²) < 4.78 is 0. The number of nitrogens with one attached hydrogen (secondary N) is 1. The average molecular weight is 379 g/mol. The molecule has 0 aromatic heterocycles. The molecule has 4 heteroatoms. The van der Waals surface area contributed by atoms with E-state index in [0.29, 0.717) is 6.04 Å². The monoisotopic (exact) mass is 379 g/mol. The standard InChI is InChI=1S/C15H29N3.HI/c1-5-8-9-11-18(4)15(16-7-3)17-14-12-13(14)10-6-2;/h5,13-14H,1,6-12H2,2-4H3,(H,16,17);1H. The van der Waals surface area contributed by atoms with Gasteiger partial charge in [0, 0.05) is 26.2 Å². The molecule has 19 heavy (non-hydrogen) atoms. The number of rotatable bonds is 8. The molecule has 0 saturated heterocycles. The molecule has 0 heterocycles. The zero-order chi connectivity index (χ0) is 13.4. The first-order valence-corrected chi connectivity index (χ1v) is 7.35. The van der Waals surface area contributed by atoms with Crippen LogP contribution in [-0.4, -0.2) is 37.0 Å². The number of guanidine groups is 1. The van der Waals surface area contributed by atoms with Crippen molar-refractivity contribution < 1.29 is 0 Å². The molecule has 1 rings (SSSR count). The lowest BCUT2D eigenvalue weighted by molar-refractivity contribution is 0.465. The van der Waals surface area contributed by atoms with Crippen LogP contribution >= 0.6 is 24.0 Å². The minimum atomic E-state index is 0. The lowest BCUT2D eigenvalue weighted by Crippen LogP contribution is -2.41. The molecule has 1 fully saturated rings. The van der Waals surface area contributed by atoms with Crippen LogP contribution in [0.1, 0.15) is 46.0 Å². The van der Waals surface area contributed by atoms with Crippen LogP contribution in [0.5, 0.6) is 0 Å². The highest BCUT2D eigenvalue weighted by molar-refractivity contribution is 14.0. The molecule has 1 aliphatic rings. The lowest BCUT2D eigenvalue weighted by Gasteiger charge is -2.22. The van der Waals surface area contributed by atoms with Crippen molar-refractivity contribution >= 4 is 29.9 Å². The SMILES string of the molecule is C=CCCCN(C)C(=NCC)NC1CC1CCC.I. The molecule has 0 spiro atoms. The molecule has 3 nitrogen and oxygen atoms in total. The highest BCUT2D eigenvalue weighted by Crippen LogP contribution is 2.34. The fraction of sp³-hybridized carbons (Fsp3) is 0.800. The predicted molar refractivity (Wildman–Crippen MR) is 95.4 cm³/mol. The van der Waals surface area contributed by atoms with Crippen molar-refractivity contribution in [1.82, 2.24) is 10.2 Å². The Kier molecular flexibility index (Phi) is 10.4. The Morgan fingerprint density at radius 3 is 2.79 bits per heavy atom. The van der Waals surface area contributed by atoms with Gasteiger partial charge in [-0.25, -0.2) is 0 Å². The first kappa shape index (κ1) is 18.7. The lowest BCUT2D eigenvalue weighted by atomic mass is 10.2. The summed E-state index contributed by atoms with van der Waals surface area (Å²) in [5.74, 6) is 1.95. The van der Waals surface area contributed by atoms with Crippen molar-refractivity contribution in [3.05, 3.63) is 12.7 Å². The highest BCUT2D eigenvalue weighted by Gasteiger charge is 2.36. The smallest absolute Gasteiger partial charge is 0.193 e. The number of halogens is 1. The van der Waals surface area contributed by atoms with Gasteiger partial charge in [-0.3, -0.25) is 4.99 Å².